The number of ether oxygens (including phenoxy) is 1. The van der Waals surface area contributed by atoms with Gasteiger partial charge in [0.25, 0.3) is 0 Å². The lowest BCUT2D eigenvalue weighted by Gasteiger charge is -2.21. The van der Waals surface area contributed by atoms with Gasteiger partial charge in [-0.3, -0.25) is 0 Å². The summed E-state index contributed by atoms with van der Waals surface area (Å²) in [6, 6.07) is 11.5. The van der Waals surface area contributed by atoms with Crippen molar-refractivity contribution in [3.8, 4) is 17.0 Å². The Bertz CT molecular complexity index is 1080. The Morgan fingerprint density at radius 1 is 0.968 bits per heavy atom. The van der Waals surface area contributed by atoms with Crippen LogP contribution in [0.15, 0.2) is 53.0 Å². The molecular formula is C21H19BrF4N4O. The molecule has 0 atom stereocenters. The SMILES string of the molecule is CC(C)(C)Nc1nc(Nc2ccc(Br)cc2F)cc(-c2cccc(OC(F)(F)F)c2)n1. The minimum absolute atomic E-state index is 0.184. The molecule has 0 aliphatic rings. The molecule has 0 spiro atoms. The Hall–Kier alpha value is -2.88. The monoisotopic (exact) mass is 498 g/mol. The van der Waals surface area contributed by atoms with Gasteiger partial charge in [-0.1, -0.05) is 28.1 Å². The van der Waals surface area contributed by atoms with Crippen LogP contribution in [-0.4, -0.2) is 21.9 Å². The number of halogens is 5. The predicted molar refractivity (Wildman–Crippen MR) is 115 cm³/mol. The molecule has 164 valence electrons. The number of hydrogen-bond donors (Lipinski definition) is 2. The smallest absolute Gasteiger partial charge is 0.406 e. The van der Waals surface area contributed by atoms with Gasteiger partial charge in [0.05, 0.1) is 11.4 Å². The van der Waals surface area contributed by atoms with Crippen molar-refractivity contribution in [1.82, 2.24) is 9.97 Å². The predicted octanol–water partition coefficient (Wildman–Crippen LogP) is 6.90. The Labute approximate surface area is 185 Å². The van der Waals surface area contributed by atoms with E-state index in [1.54, 1.807) is 12.1 Å². The van der Waals surface area contributed by atoms with Gasteiger partial charge < -0.3 is 15.4 Å². The molecule has 0 radical (unpaired) electrons. The average molecular weight is 499 g/mol. The second-order valence-electron chi connectivity index (χ2n) is 7.66. The van der Waals surface area contributed by atoms with Crippen molar-refractivity contribution in [2.45, 2.75) is 32.7 Å². The summed E-state index contributed by atoms with van der Waals surface area (Å²) in [6.07, 6.45) is -4.81. The van der Waals surface area contributed by atoms with Crippen molar-refractivity contribution in [1.29, 1.82) is 0 Å². The minimum Gasteiger partial charge on any atom is -0.406 e. The molecule has 0 saturated heterocycles. The fraction of sp³-hybridized carbons (Fsp3) is 0.238. The lowest BCUT2D eigenvalue weighted by atomic mass is 10.1. The number of aromatic nitrogens is 2. The number of anilines is 3. The van der Waals surface area contributed by atoms with Crippen molar-refractivity contribution in [2.24, 2.45) is 0 Å². The van der Waals surface area contributed by atoms with Gasteiger partial charge in [-0.05, 0) is 51.1 Å². The molecule has 3 aromatic rings. The highest BCUT2D eigenvalue weighted by atomic mass is 79.9. The molecule has 2 aromatic carbocycles. The first-order chi connectivity index (χ1) is 14.4. The van der Waals surface area contributed by atoms with Gasteiger partial charge in [-0.2, -0.15) is 4.98 Å². The minimum atomic E-state index is -4.81. The highest BCUT2D eigenvalue weighted by Crippen LogP contribution is 2.30. The van der Waals surface area contributed by atoms with E-state index < -0.39 is 12.2 Å². The van der Waals surface area contributed by atoms with E-state index >= 15 is 0 Å². The summed E-state index contributed by atoms with van der Waals surface area (Å²) in [6.45, 7) is 5.72. The third-order valence-corrected chi connectivity index (χ3v) is 4.26. The number of alkyl halides is 3. The van der Waals surface area contributed by atoms with Crippen molar-refractivity contribution >= 4 is 33.4 Å². The number of nitrogens with one attached hydrogen (secondary N) is 2. The van der Waals surface area contributed by atoms with Gasteiger partial charge in [0, 0.05) is 21.6 Å². The first-order valence-electron chi connectivity index (χ1n) is 9.13. The summed E-state index contributed by atoms with van der Waals surface area (Å²) in [4.78, 5) is 8.77. The van der Waals surface area contributed by atoms with Gasteiger partial charge in [0.15, 0.2) is 0 Å². The van der Waals surface area contributed by atoms with Crippen LogP contribution in [0.25, 0.3) is 11.3 Å². The summed E-state index contributed by atoms with van der Waals surface area (Å²) in [5.41, 5.74) is 0.499. The highest BCUT2D eigenvalue weighted by molar-refractivity contribution is 9.10. The first kappa shape index (κ1) is 22.8. The third-order valence-electron chi connectivity index (χ3n) is 3.77. The van der Waals surface area contributed by atoms with Crippen LogP contribution in [0.1, 0.15) is 20.8 Å². The molecule has 2 N–H and O–H groups in total. The van der Waals surface area contributed by atoms with E-state index in [-0.39, 0.29) is 28.7 Å². The third kappa shape index (κ3) is 6.81. The van der Waals surface area contributed by atoms with Crippen LogP contribution in [-0.2, 0) is 0 Å². The van der Waals surface area contributed by atoms with E-state index in [9.17, 15) is 17.6 Å². The van der Waals surface area contributed by atoms with E-state index in [1.165, 1.54) is 36.4 Å². The molecule has 0 aliphatic heterocycles. The maximum absolute atomic E-state index is 14.3. The van der Waals surface area contributed by atoms with Gasteiger partial charge in [-0.15, -0.1) is 13.2 Å². The Kier molecular flexibility index (Phi) is 6.40. The molecule has 0 amide bonds. The Morgan fingerprint density at radius 3 is 2.35 bits per heavy atom. The van der Waals surface area contributed by atoms with Gasteiger partial charge in [-0.25, -0.2) is 9.37 Å². The normalized spacial score (nSPS) is 11.9. The molecule has 0 bridgehead atoms. The molecule has 10 heteroatoms. The fourth-order valence-electron chi connectivity index (χ4n) is 2.63. The van der Waals surface area contributed by atoms with Crippen LogP contribution in [0.3, 0.4) is 0 Å². The molecule has 0 fully saturated rings. The summed E-state index contributed by atoms with van der Waals surface area (Å²) < 4.78 is 56.6. The second-order valence-corrected chi connectivity index (χ2v) is 8.58. The largest absolute Gasteiger partial charge is 0.573 e. The lowest BCUT2D eigenvalue weighted by Crippen LogP contribution is -2.27. The van der Waals surface area contributed by atoms with E-state index in [0.29, 0.717) is 15.7 Å². The molecule has 0 saturated carbocycles. The zero-order valence-corrected chi connectivity index (χ0v) is 18.4. The van der Waals surface area contributed by atoms with Crippen LogP contribution >= 0.6 is 15.9 Å². The average Bonchev–Trinajstić information content (AvgIpc) is 2.61. The van der Waals surface area contributed by atoms with Gasteiger partial charge in [0.1, 0.15) is 17.4 Å². The lowest BCUT2D eigenvalue weighted by molar-refractivity contribution is -0.274. The van der Waals surface area contributed by atoms with Crippen molar-refractivity contribution in [3.63, 3.8) is 0 Å². The highest BCUT2D eigenvalue weighted by Gasteiger charge is 2.31. The maximum Gasteiger partial charge on any atom is 0.573 e. The van der Waals surface area contributed by atoms with Crippen LogP contribution < -0.4 is 15.4 Å². The second kappa shape index (κ2) is 8.70. The van der Waals surface area contributed by atoms with Crippen molar-refractivity contribution in [2.75, 3.05) is 10.6 Å². The fourth-order valence-corrected chi connectivity index (χ4v) is 2.96. The maximum atomic E-state index is 14.3. The zero-order valence-electron chi connectivity index (χ0n) is 16.8. The molecule has 3 rings (SSSR count). The van der Waals surface area contributed by atoms with Crippen molar-refractivity contribution < 1.29 is 22.3 Å². The summed E-state index contributed by atoms with van der Waals surface area (Å²) >= 11 is 3.20. The van der Waals surface area contributed by atoms with Gasteiger partial charge >= 0.3 is 6.36 Å². The van der Waals surface area contributed by atoms with E-state index in [2.05, 4.69) is 41.3 Å². The van der Waals surface area contributed by atoms with Crippen LogP contribution in [0.4, 0.5) is 35.0 Å². The standard InChI is InChI=1S/C21H19BrF4N4O/c1-20(2,3)30-19-28-17(12-5-4-6-14(9-12)31-21(24,25)26)11-18(29-19)27-16-8-7-13(22)10-15(16)23/h4-11H,1-3H3,(H2,27,28,29,30). The number of benzene rings is 2. The summed E-state index contributed by atoms with van der Waals surface area (Å²) in [5.74, 6) is -0.380. The molecule has 1 aromatic heterocycles. The zero-order chi connectivity index (χ0) is 22.8. The molecule has 0 unspecified atom stereocenters. The quantitative estimate of drug-likeness (QED) is 0.374. The van der Waals surface area contributed by atoms with Crippen LogP contribution in [0.5, 0.6) is 5.75 Å². The van der Waals surface area contributed by atoms with Gasteiger partial charge in [0.2, 0.25) is 5.95 Å². The molecule has 0 aliphatic carbocycles. The topological polar surface area (TPSA) is 59.1 Å². The van der Waals surface area contributed by atoms with Crippen LogP contribution in [0.2, 0.25) is 0 Å². The number of rotatable bonds is 5. The Morgan fingerprint density at radius 2 is 1.71 bits per heavy atom. The summed E-state index contributed by atoms with van der Waals surface area (Å²) in [5, 5.41) is 6.01. The summed E-state index contributed by atoms with van der Waals surface area (Å²) in [7, 11) is 0. The van der Waals surface area contributed by atoms with E-state index in [1.807, 2.05) is 20.8 Å². The van der Waals surface area contributed by atoms with Crippen LogP contribution in [0, 0.1) is 5.82 Å². The molecule has 1 heterocycles. The molecular weight excluding hydrogens is 480 g/mol. The van der Waals surface area contributed by atoms with E-state index in [4.69, 9.17) is 0 Å². The number of nitrogens with zero attached hydrogens (tertiary/aromatic N) is 2. The first-order valence-corrected chi connectivity index (χ1v) is 9.93. The van der Waals surface area contributed by atoms with Crippen molar-refractivity contribution in [3.05, 3.63) is 58.8 Å². The Balaban J connectivity index is 2.02. The van der Waals surface area contributed by atoms with E-state index in [0.717, 1.165) is 0 Å². The number of hydrogen-bond acceptors (Lipinski definition) is 5. The molecule has 31 heavy (non-hydrogen) atoms. The molecule has 5 nitrogen and oxygen atoms in total.